The first-order valence-corrected chi connectivity index (χ1v) is 10.3. The molecule has 146 valence electrons. The lowest BCUT2D eigenvalue weighted by molar-refractivity contribution is 0.0978. The van der Waals surface area contributed by atoms with E-state index in [0.29, 0.717) is 5.56 Å². The summed E-state index contributed by atoms with van der Waals surface area (Å²) in [4.78, 5) is 13.3. The molecule has 0 saturated heterocycles. The van der Waals surface area contributed by atoms with E-state index in [1.165, 1.54) is 11.3 Å². The molecule has 0 fully saturated rings. The Hall–Kier alpha value is -3.69. The van der Waals surface area contributed by atoms with E-state index in [2.05, 4.69) is 25.9 Å². The maximum absolute atomic E-state index is 12.6. The van der Waals surface area contributed by atoms with Crippen molar-refractivity contribution in [3.8, 4) is 10.6 Å². The van der Waals surface area contributed by atoms with Crippen molar-refractivity contribution >= 4 is 56.0 Å². The molecule has 1 amide bonds. The zero-order valence-electron chi connectivity index (χ0n) is 15.4. The van der Waals surface area contributed by atoms with Crippen molar-refractivity contribution in [3.05, 3.63) is 78.6 Å². The Labute approximate surface area is 180 Å². The number of rotatable bonds is 3. The van der Waals surface area contributed by atoms with Crippen molar-refractivity contribution in [2.24, 2.45) is 0 Å². The van der Waals surface area contributed by atoms with Gasteiger partial charge in [-0.3, -0.25) is 10.1 Å². The Balaban J connectivity index is 1.30. The third-order valence-corrected chi connectivity index (χ3v) is 5.66. The minimum atomic E-state index is -0.261. The lowest BCUT2D eigenvalue weighted by Crippen LogP contribution is -2.34. The Bertz CT molecular complexity index is 1380. The molecule has 5 aromatic rings. The number of anilines is 1. The highest BCUT2D eigenvalue weighted by atomic mass is 32.1. The van der Waals surface area contributed by atoms with Gasteiger partial charge in [-0.2, -0.15) is 9.61 Å². The highest BCUT2D eigenvalue weighted by Crippen LogP contribution is 2.26. The van der Waals surface area contributed by atoms with Crippen LogP contribution in [0, 0.1) is 0 Å². The van der Waals surface area contributed by atoms with Gasteiger partial charge in [0.1, 0.15) is 11.3 Å². The van der Waals surface area contributed by atoms with E-state index < -0.39 is 0 Å². The summed E-state index contributed by atoms with van der Waals surface area (Å²) in [5.74, 6) is -0.261. The molecule has 7 nitrogen and oxygen atoms in total. The summed E-state index contributed by atoms with van der Waals surface area (Å²) in [6, 6.07) is 21.1. The minimum Gasteiger partial charge on any atom is -0.332 e. The van der Waals surface area contributed by atoms with E-state index in [1.807, 2.05) is 60.7 Å². The van der Waals surface area contributed by atoms with Gasteiger partial charge in [0.25, 0.3) is 5.91 Å². The number of aromatic nitrogens is 4. The Morgan fingerprint density at radius 3 is 2.73 bits per heavy atom. The Morgan fingerprint density at radius 1 is 1.00 bits per heavy atom. The van der Waals surface area contributed by atoms with Crippen LogP contribution in [0.2, 0.25) is 0 Å². The molecule has 2 heterocycles. The van der Waals surface area contributed by atoms with Crippen LogP contribution in [0.15, 0.2) is 73.1 Å². The maximum atomic E-state index is 12.6. The summed E-state index contributed by atoms with van der Waals surface area (Å²) >= 11 is 6.77. The molecule has 0 aliphatic carbocycles. The van der Waals surface area contributed by atoms with Gasteiger partial charge >= 0.3 is 0 Å². The van der Waals surface area contributed by atoms with Crippen molar-refractivity contribution in [2.45, 2.75) is 0 Å². The number of hydrogen-bond acceptors (Lipinski definition) is 6. The zero-order valence-corrected chi connectivity index (χ0v) is 17.1. The molecule has 9 heteroatoms. The SMILES string of the molecule is O=C(NC(=S)Nc1cccc(-c2nn3cnnc3s2)c1)c1ccc2ccccc2c1. The Kier molecular flexibility index (Phi) is 4.66. The number of amides is 1. The number of benzene rings is 3. The molecule has 0 spiro atoms. The number of hydrogen-bond donors (Lipinski definition) is 2. The van der Waals surface area contributed by atoms with Gasteiger partial charge in [-0.25, -0.2) is 0 Å². The molecule has 0 bridgehead atoms. The standard InChI is InChI=1S/C21H14N6OS2/c28-18(15-9-8-13-4-1-2-5-14(13)10-15)24-20(29)23-17-7-3-6-16(11-17)19-26-27-12-22-25-21(27)30-19/h1-12H,(H2,23,24,28,29). The van der Waals surface area contributed by atoms with E-state index in [9.17, 15) is 4.79 Å². The molecule has 30 heavy (non-hydrogen) atoms. The van der Waals surface area contributed by atoms with Crippen LogP contribution < -0.4 is 10.6 Å². The second-order valence-electron chi connectivity index (χ2n) is 6.52. The summed E-state index contributed by atoms with van der Waals surface area (Å²) < 4.78 is 1.63. The van der Waals surface area contributed by atoms with Gasteiger partial charge in [0.05, 0.1) is 0 Å². The molecule has 0 saturated carbocycles. The number of thiocarbonyl (C=S) groups is 1. The van der Waals surface area contributed by atoms with Crippen molar-refractivity contribution < 1.29 is 4.79 Å². The first kappa shape index (κ1) is 18.3. The fraction of sp³-hybridized carbons (Fsp3) is 0. The maximum Gasteiger partial charge on any atom is 0.257 e. The molecule has 0 aliphatic heterocycles. The predicted molar refractivity (Wildman–Crippen MR) is 122 cm³/mol. The van der Waals surface area contributed by atoms with Gasteiger partial charge in [-0.15, -0.1) is 10.2 Å². The first-order chi connectivity index (χ1) is 14.7. The monoisotopic (exact) mass is 430 g/mol. The number of nitrogens with zero attached hydrogens (tertiary/aromatic N) is 4. The van der Waals surface area contributed by atoms with Gasteiger partial charge in [0.2, 0.25) is 4.96 Å². The molecule has 0 atom stereocenters. The van der Waals surface area contributed by atoms with Crippen molar-refractivity contribution in [1.82, 2.24) is 25.1 Å². The van der Waals surface area contributed by atoms with Crippen LogP contribution in [0.5, 0.6) is 0 Å². The third-order valence-electron chi connectivity index (χ3n) is 4.49. The quantitative estimate of drug-likeness (QED) is 0.419. The van der Waals surface area contributed by atoms with Crippen LogP contribution in [0.1, 0.15) is 10.4 Å². The zero-order chi connectivity index (χ0) is 20.5. The largest absolute Gasteiger partial charge is 0.332 e. The number of nitrogens with one attached hydrogen (secondary N) is 2. The van der Waals surface area contributed by atoms with Crippen LogP contribution in [-0.4, -0.2) is 30.8 Å². The summed E-state index contributed by atoms with van der Waals surface area (Å²) in [6.45, 7) is 0. The van der Waals surface area contributed by atoms with Crippen molar-refractivity contribution in [2.75, 3.05) is 5.32 Å². The van der Waals surface area contributed by atoms with Gasteiger partial charge in [-0.1, -0.05) is 53.8 Å². The van der Waals surface area contributed by atoms with Crippen molar-refractivity contribution in [3.63, 3.8) is 0 Å². The van der Waals surface area contributed by atoms with Crippen LogP contribution in [0.4, 0.5) is 5.69 Å². The van der Waals surface area contributed by atoms with Crippen LogP contribution in [-0.2, 0) is 0 Å². The molecule has 0 unspecified atom stereocenters. The van der Waals surface area contributed by atoms with E-state index >= 15 is 0 Å². The lowest BCUT2D eigenvalue weighted by atomic mass is 10.1. The molecule has 3 aromatic carbocycles. The number of fused-ring (bicyclic) bond motifs is 2. The van der Waals surface area contributed by atoms with Gasteiger partial charge < -0.3 is 5.32 Å². The molecule has 5 rings (SSSR count). The average Bonchev–Trinajstić information content (AvgIpc) is 3.36. The fourth-order valence-electron chi connectivity index (χ4n) is 3.07. The second kappa shape index (κ2) is 7.62. The molecule has 2 N–H and O–H groups in total. The lowest BCUT2D eigenvalue weighted by Gasteiger charge is -2.11. The van der Waals surface area contributed by atoms with Crippen LogP contribution in [0.25, 0.3) is 26.3 Å². The predicted octanol–water partition coefficient (Wildman–Crippen LogP) is 4.13. The molecule has 0 aliphatic rings. The second-order valence-corrected chi connectivity index (χ2v) is 7.88. The summed E-state index contributed by atoms with van der Waals surface area (Å²) in [5.41, 5.74) is 2.22. The highest BCUT2D eigenvalue weighted by molar-refractivity contribution is 7.80. The van der Waals surface area contributed by atoms with Crippen LogP contribution >= 0.6 is 23.6 Å². The summed E-state index contributed by atoms with van der Waals surface area (Å²) in [7, 11) is 0. The average molecular weight is 431 g/mol. The van der Waals surface area contributed by atoms with E-state index in [1.54, 1.807) is 16.9 Å². The first-order valence-electron chi connectivity index (χ1n) is 9.04. The summed E-state index contributed by atoms with van der Waals surface area (Å²) in [5, 5.41) is 21.2. The topological polar surface area (TPSA) is 84.2 Å². The van der Waals surface area contributed by atoms with E-state index in [0.717, 1.165) is 32.0 Å². The molecular weight excluding hydrogens is 416 g/mol. The van der Waals surface area contributed by atoms with E-state index in [-0.39, 0.29) is 11.0 Å². The number of carbonyl (C=O) groups excluding carboxylic acids is 1. The van der Waals surface area contributed by atoms with Gasteiger partial charge in [-0.05, 0) is 47.3 Å². The number of carbonyl (C=O) groups is 1. The molecule has 0 radical (unpaired) electrons. The van der Waals surface area contributed by atoms with Gasteiger partial charge in [0.15, 0.2) is 5.11 Å². The summed E-state index contributed by atoms with van der Waals surface area (Å²) in [6.07, 6.45) is 1.56. The Morgan fingerprint density at radius 2 is 1.87 bits per heavy atom. The molecule has 2 aromatic heterocycles. The van der Waals surface area contributed by atoms with Crippen LogP contribution in [0.3, 0.4) is 0 Å². The smallest absolute Gasteiger partial charge is 0.257 e. The van der Waals surface area contributed by atoms with Crippen molar-refractivity contribution in [1.29, 1.82) is 0 Å². The van der Waals surface area contributed by atoms with E-state index in [4.69, 9.17) is 12.2 Å². The molecular formula is C21H14N6OS2. The highest BCUT2D eigenvalue weighted by Gasteiger charge is 2.11. The minimum absolute atomic E-state index is 0.225. The van der Waals surface area contributed by atoms with Gasteiger partial charge in [0, 0.05) is 16.8 Å². The third kappa shape index (κ3) is 3.63. The normalized spacial score (nSPS) is 10.9. The fourth-order valence-corrected chi connectivity index (χ4v) is 4.10.